The monoisotopic (exact) mass is 754 g/mol. The minimum absolute atomic E-state index is 0.899. The molecular formula is C46H27IOS. The van der Waals surface area contributed by atoms with E-state index in [-0.39, 0.29) is 0 Å². The van der Waals surface area contributed by atoms with Crippen LogP contribution >= 0.6 is 30.1 Å². The summed E-state index contributed by atoms with van der Waals surface area (Å²) < 4.78 is 6.86. The maximum Gasteiger partial charge on any atom is 0.143 e. The fourth-order valence-electron chi connectivity index (χ4n) is 7.97. The molecule has 0 aliphatic rings. The molecule has 1 nitrogen and oxygen atoms in total. The van der Waals surface area contributed by atoms with E-state index in [1.807, 2.05) is 0 Å². The quantitative estimate of drug-likeness (QED) is 0.131. The Hall–Kier alpha value is -5.10. The molecule has 10 rings (SSSR count). The zero-order valence-corrected chi connectivity index (χ0v) is 29.3. The van der Waals surface area contributed by atoms with Crippen LogP contribution in [0.3, 0.4) is 0 Å². The number of benzene rings is 9. The highest BCUT2D eigenvalue weighted by molar-refractivity contribution is 14.2. The molecule has 10 aromatic rings. The zero-order valence-electron chi connectivity index (χ0n) is 26.3. The van der Waals surface area contributed by atoms with Gasteiger partial charge in [-0.05, 0) is 89.1 Å². The van der Waals surface area contributed by atoms with Crippen LogP contribution in [0.1, 0.15) is 0 Å². The summed E-state index contributed by atoms with van der Waals surface area (Å²) in [5, 5.41) is 12.2. The molecule has 0 fully saturated rings. The molecule has 49 heavy (non-hydrogen) atoms. The first kappa shape index (κ1) is 28.9. The van der Waals surface area contributed by atoms with Crippen molar-refractivity contribution in [1.29, 1.82) is 0 Å². The lowest BCUT2D eigenvalue weighted by Gasteiger charge is -2.19. The lowest BCUT2D eigenvalue weighted by Crippen LogP contribution is -1.92. The summed E-state index contributed by atoms with van der Waals surface area (Å²) in [6.45, 7) is 0. The number of halogens is 1. The molecule has 0 aliphatic heterocycles. The van der Waals surface area contributed by atoms with Crippen molar-refractivity contribution in [3.8, 4) is 33.4 Å². The Bertz CT molecular complexity index is 2870. The van der Waals surface area contributed by atoms with Crippen molar-refractivity contribution in [3.05, 3.63) is 164 Å². The fraction of sp³-hybridized carbons (Fsp3) is 0. The fourth-order valence-corrected chi connectivity index (χ4v) is 9.51. The maximum atomic E-state index is 6.86. The lowest BCUT2D eigenvalue weighted by molar-refractivity contribution is 0.670. The first-order valence-corrected chi connectivity index (χ1v) is 19.8. The van der Waals surface area contributed by atoms with E-state index < -0.39 is 0 Å². The molecule has 3 heteroatoms. The Morgan fingerprint density at radius 3 is 1.57 bits per heavy atom. The van der Waals surface area contributed by atoms with Crippen LogP contribution in [0.4, 0.5) is 0 Å². The van der Waals surface area contributed by atoms with Gasteiger partial charge in [0.15, 0.2) is 0 Å². The number of rotatable bonds is 4. The van der Waals surface area contributed by atoms with Crippen molar-refractivity contribution in [1.82, 2.24) is 0 Å². The van der Waals surface area contributed by atoms with Gasteiger partial charge in [-0.15, -0.1) is 0 Å². The second kappa shape index (κ2) is 11.5. The van der Waals surface area contributed by atoms with Crippen LogP contribution in [-0.4, -0.2) is 0 Å². The van der Waals surface area contributed by atoms with Gasteiger partial charge in [-0.1, -0.05) is 155 Å². The van der Waals surface area contributed by atoms with Gasteiger partial charge in [0.1, 0.15) is 11.2 Å². The first-order chi connectivity index (χ1) is 24.3. The van der Waals surface area contributed by atoms with Gasteiger partial charge >= 0.3 is 0 Å². The summed E-state index contributed by atoms with van der Waals surface area (Å²) in [5.74, 6) is 0. The van der Waals surface area contributed by atoms with Crippen molar-refractivity contribution in [3.63, 3.8) is 0 Å². The summed E-state index contributed by atoms with van der Waals surface area (Å²) in [4.78, 5) is 1.27. The zero-order chi connectivity index (χ0) is 32.5. The van der Waals surface area contributed by atoms with Crippen LogP contribution in [-0.2, 0) is 0 Å². The third kappa shape index (κ3) is 4.39. The number of hydrogen-bond donors (Lipinski definition) is 0. The predicted molar refractivity (Wildman–Crippen MR) is 220 cm³/mol. The van der Waals surface area contributed by atoms with Crippen LogP contribution in [0.15, 0.2) is 173 Å². The second-order valence-corrected chi connectivity index (χ2v) is 14.5. The second-order valence-electron chi connectivity index (χ2n) is 12.6. The summed E-state index contributed by atoms with van der Waals surface area (Å²) in [5.41, 5.74) is 9.06. The van der Waals surface area contributed by atoms with Crippen molar-refractivity contribution >= 4 is 95.2 Å². The van der Waals surface area contributed by atoms with Crippen LogP contribution in [0.5, 0.6) is 0 Å². The molecule has 1 heterocycles. The van der Waals surface area contributed by atoms with E-state index in [0.717, 1.165) is 27.5 Å². The maximum absolute atomic E-state index is 6.86. The molecule has 9 aromatic carbocycles. The molecule has 0 saturated carbocycles. The molecule has 0 saturated heterocycles. The third-order valence-electron chi connectivity index (χ3n) is 10.0. The SMILES string of the molecule is ISc1ccc(-c2ccc(-c3c4ccccc4c(-c4cccc5ccccc45)c4ccccc34)c3c2oc2ccccc23)c2ccccc12. The molecule has 0 unspecified atom stereocenters. The highest BCUT2D eigenvalue weighted by Crippen LogP contribution is 2.50. The van der Waals surface area contributed by atoms with E-state index in [1.165, 1.54) is 75.8 Å². The highest BCUT2D eigenvalue weighted by Gasteiger charge is 2.23. The van der Waals surface area contributed by atoms with Crippen LogP contribution in [0, 0.1) is 0 Å². The molecule has 0 atom stereocenters. The number of furan rings is 1. The standard InChI is InChI=1S/C46H27IOS/c47-49-42-27-26-31(30-15-3-4-16-32(30)42)38-24-25-40(45-39-21-9-10-23-41(39)48-46(38)45)44-36-19-7-5-17-34(36)43(35-18-6-8-20-37(35)44)33-22-11-13-28-12-1-2-14-29(28)33/h1-27H. The Kier molecular flexibility index (Phi) is 6.78. The average molecular weight is 755 g/mol. The van der Waals surface area contributed by atoms with Crippen LogP contribution in [0.25, 0.3) is 98.4 Å². The van der Waals surface area contributed by atoms with E-state index >= 15 is 0 Å². The minimum atomic E-state index is 0.899. The van der Waals surface area contributed by atoms with E-state index in [9.17, 15) is 0 Å². The summed E-state index contributed by atoms with van der Waals surface area (Å²) >= 11 is 2.38. The third-order valence-corrected chi connectivity index (χ3v) is 12.0. The number of para-hydroxylation sites is 1. The lowest BCUT2D eigenvalue weighted by atomic mass is 9.83. The average Bonchev–Trinajstić information content (AvgIpc) is 3.56. The smallest absolute Gasteiger partial charge is 0.143 e. The van der Waals surface area contributed by atoms with Gasteiger partial charge in [0.25, 0.3) is 0 Å². The van der Waals surface area contributed by atoms with E-state index in [1.54, 1.807) is 8.93 Å². The topological polar surface area (TPSA) is 13.1 Å². The van der Waals surface area contributed by atoms with Crippen LogP contribution < -0.4 is 0 Å². The molecule has 230 valence electrons. The first-order valence-electron chi connectivity index (χ1n) is 16.5. The Balaban J connectivity index is 1.34. The van der Waals surface area contributed by atoms with E-state index in [2.05, 4.69) is 185 Å². The Morgan fingerprint density at radius 1 is 0.367 bits per heavy atom. The molecule has 0 bridgehead atoms. The van der Waals surface area contributed by atoms with E-state index in [0.29, 0.717) is 0 Å². The normalized spacial score (nSPS) is 11.9. The van der Waals surface area contributed by atoms with Crippen molar-refractivity contribution < 1.29 is 4.42 Å². The summed E-state index contributed by atoms with van der Waals surface area (Å²) in [7, 11) is 1.76. The van der Waals surface area contributed by atoms with Gasteiger partial charge in [-0.25, -0.2) is 0 Å². The molecule has 0 radical (unpaired) electrons. The minimum Gasteiger partial charge on any atom is -0.455 e. The van der Waals surface area contributed by atoms with Crippen molar-refractivity contribution in [2.24, 2.45) is 0 Å². The predicted octanol–water partition coefficient (Wildman–Crippen LogP) is 14.6. The molecule has 1 aromatic heterocycles. The van der Waals surface area contributed by atoms with Gasteiger partial charge in [0.05, 0.1) is 0 Å². The molecule has 0 spiro atoms. The summed E-state index contributed by atoms with van der Waals surface area (Å²) in [6.07, 6.45) is 0. The van der Waals surface area contributed by atoms with Crippen LogP contribution in [0.2, 0.25) is 0 Å². The Labute approximate surface area is 299 Å². The van der Waals surface area contributed by atoms with Gasteiger partial charge in [0, 0.05) is 42.4 Å². The number of fused-ring (bicyclic) bond motifs is 7. The van der Waals surface area contributed by atoms with Gasteiger partial charge in [-0.2, -0.15) is 0 Å². The molecule has 0 N–H and O–H groups in total. The largest absolute Gasteiger partial charge is 0.455 e. The number of hydrogen-bond acceptors (Lipinski definition) is 2. The molecule has 0 amide bonds. The molecule has 0 aliphatic carbocycles. The van der Waals surface area contributed by atoms with Crippen molar-refractivity contribution in [2.45, 2.75) is 4.90 Å². The molecular weight excluding hydrogens is 727 g/mol. The Morgan fingerprint density at radius 2 is 0.878 bits per heavy atom. The highest BCUT2D eigenvalue weighted by atomic mass is 127. The van der Waals surface area contributed by atoms with E-state index in [4.69, 9.17) is 4.42 Å². The van der Waals surface area contributed by atoms with Crippen molar-refractivity contribution in [2.75, 3.05) is 0 Å². The summed E-state index contributed by atoms with van der Waals surface area (Å²) in [6, 6.07) is 59.5. The van der Waals surface area contributed by atoms with Gasteiger partial charge in [-0.3, -0.25) is 0 Å². The van der Waals surface area contributed by atoms with Gasteiger partial charge < -0.3 is 4.42 Å². The van der Waals surface area contributed by atoms with Gasteiger partial charge in [0.2, 0.25) is 0 Å².